The van der Waals surface area contributed by atoms with Gasteiger partial charge in [-0.15, -0.1) is 0 Å². The molecule has 132 valence electrons. The number of carbonyl (C=O) groups excluding carboxylic acids is 2. The van der Waals surface area contributed by atoms with Crippen molar-refractivity contribution in [3.05, 3.63) is 29.6 Å². The monoisotopic (exact) mass is 333 g/mol. The number of Topliss-reactive ketones (excluding diaryl/α,β-unsaturated/α-hetero) is 1. The van der Waals surface area contributed by atoms with Gasteiger partial charge in [0.25, 0.3) is 0 Å². The van der Waals surface area contributed by atoms with Crippen LogP contribution in [0.1, 0.15) is 56.6 Å². The van der Waals surface area contributed by atoms with Gasteiger partial charge in [0.05, 0.1) is 0 Å². The lowest BCUT2D eigenvalue weighted by atomic mass is 10.0. The maximum atomic E-state index is 11.9. The zero-order valence-corrected chi connectivity index (χ0v) is 15.0. The van der Waals surface area contributed by atoms with E-state index in [0.717, 1.165) is 38.0 Å². The van der Waals surface area contributed by atoms with Crippen LogP contribution < -0.4 is 5.32 Å². The molecule has 1 N–H and O–H groups in total. The second kappa shape index (κ2) is 7.75. The van der Waals surface area contributed by atoms with Crippen molar-refractivity contribution in [1.82, 2.24) is 15.2 Å². The van der Waals surface area contributed by atoms with Crippen LogP contribution in [-0.2, 0) is 11.3 Å². The van der Waals surface area contributed by atoms with Crippen LogP contribution >= 0.6 is 0 Å². The minimum Gasteiger partial charge on any atom is -0.444 e. The van der Waals surface area contributed by atoms with E-state index in [4.69, 9.17) is 4.74 Å². The van der Waals surface area contributed by atoms with Gasteiger partial charge in [0.15, 0.2) is 5.78 Å². The molecule has 1 aromatic rings. The first-order valence-electron chi connectivity index (χ1n) is 8.41. The fourth-order valence-electron chi connectivity index (χ4n) is 2.81. The summed E-state index contributed by atoms with van der Waals surface area (Å²) in [6, 6.07) is 3.85. The van der Waals surface area contributed by atoms with Crippen LogP contribution in [0, 0.1) is 0 Å². The molecule has 0 aromatic carbocycles. The van der Waals surface area contributed by atoms with Crippen LogP contribution in [-0.4, -0.2) is 46.5 Å². The van der Waals surface area contributed by atoms with Gasteiger partial charge >= 0.3 is 6.09 Å². The lowest BCUT2D eigenvalue weighted by Gasteiger charge is -2.33. The van der Waals surface area contributed by atoms with Crippen molar-refractivity contribution >= 4 is 11.9 Å². The zero-order valence-electron chi connectivity index (χ0n) is 15.0. The molecule has 1 saturated heterocycles. The highest BCUT2D eigenvalue weighted by Gasteiger charge is 2.24. The first kappa shape index (κ1) is 18.4. The lowest BCUT2D eigenvalue weighted by molar-refractivity contribution is 0.0470. The van der Waals surface area contributed by atoms with Gasteiger partial charge in [-0.05, 0) is 57.9 Å². The van der Waals surface area contributed by atoms with E-state index in [9.17, 15) is 9.59 Å². The van der Waals surface area contributed by atoms with Crippen LogP contribution in [0.5, 0.6) is 0 Å². The number of hydrogen-bond donors (Lipinski definition) is 1. The van der Waals surface area contributed by atoms with E-state index in [-0.39, 0.29) is 17.9 Å². The average Bonchev–Trinajstić information content (AvgIpc) is 2.45. The van der Waals surface area contributed by atoms with Crippen LogP contribution in [0.15, 0.2) is 18.3 Å². The highest BCUT2D eigenvalue weighted by Crippen LogP contribution is 2.15. The fraction of sp³-hybridized carbons (Fsp3) is 0.611. The number of nitrogens with zero attached hydrogens (tertiary/aromatic N) is 2. The van der Waals surface area contributed by atoms with Crippen LogP contribution in [0.4, 0.5) is 4.79 Å². The van der Waals surface area contributed by atoms with Gasteiger partial charge in [0, 0.05) is 32.3 Å². The summed E-state index contributed by atoms with van der Waals surface area (Å²) < 4.78 is 5.32. The molecule has 1 fully saturated rings. The summed E-state index contributed by atoms with van der Waals surface area (Å²) in [5.74, 6) is -0.0278. The standard InChI is InChI=1S/C18H27N3O3/c1-13(22)16-10-14(7-8-19-16)11-21-9-5-6-15(12-21)20-17(23)24-18(2,3)4/h7-8,10,15H,5-6,9,11-12H2,1-4H3,(H,20,23)/t15-/m1/s1. The summed E-state index contributed by atoms with van der Waals surface area (Å²) in [6.45, 7) is 9.59. The number of piperidine rings is 1. The van der Waals surface area contributed by atoms with Crippen molar-refractivity contribution in [2.75, 3.05) is 13.1 Å². The molecule has 0 radical (unpaired) electrons. The summed E-state index contributed by atoms with van der Waals surface area (Å²) in [4.78, 5) is 29.7. The van der Waals surface area contributed by atoms with Crippen LogP contribution in [0.2, 0.25) is 0 Å². The molecular weight excluding hydrogens is 306 g/mol. The zero-order chi connectivity index (χ0) is 17.7. The predicted octanol–water partition coefficient (Wildman–Crippen LogP) is 2.77. The first-order chi connectivity index (χ1) is 11.2. The Morgan fingerprint density at radius 1 is 1.42 bits per heavy atom. The number of ether oxygens (including phenoxy) is 1. The van der Waals surface area contributed by atoms with Crippen molar-refractivity contribution in [3.63, 3.8) is 0 Å². The molecule has 0 unspecified atom stereocenters. The van der Waals surface area contributed by atoms with Gasteiger partial charge in [-0.3, -0.25) is 14.7 Å². The van der Waals surface area contributed by atoms with E-state index in [1.54, 1.807) is 6.20 Å². The summed E-state index contributed by atoms with van der Waals surface area (Å²) in [6.07, 6.45) is 3.28. The van der Waals surface area contributed by atoms with Crippen molar-refractivity contribution in [1.29, 1.82) is 0 Å². The second-order valence-corrected chi connectivity index (χ2v) is 7.33. The summed E-state index contributed by atoms with van der Waals surface area (Å²) in [7, 11) is 0. The molecule has 0 aliphatic carbocycles. The van der Waals surface area contributed by atoms with Gasteiger partial charge in [-0.25, -0.2) is 4.79 Å². The number of aromatic nitrogens is 1. The maximum absolute atomic E-state index is 11.9. The second-order valence-electron chi connectivity index (χ2n) is 7.33. The topological polar surface area (TPSA) is 71.5 Å². The molecule has 1 aliphatic heterocycles. The number of amides is 1. The molecule has 1 atom stereocenters. The van der Waals surface area contributed by atoms with E-state index >= 15 is 0 Å². The number of pyridine rings is 1. The number of nitrogens with one attached hydrogen (secondary N) is 1. The Balaban J connectivity index is 1.90. The minimum absolute atomic E-state index is 0.0278. The molecule has 0 saturated carbocycles. The molecule has 1 aliphatic rings. The van der Waals surface area contributed by atoms with Crippen molar-refractivity contribution in [2.45, 2.75) is 58.7 Å². The molecule has 1 amide bonds. The third-order valence-corrected chi connectivity index (χ3v) is 3.82. The molecule has 2 heterocycles. The van der Waals surface area contributed by atoms with Crippen molar-refractivity contribution in [3.8, 4) is 0 Å². The highest BCUT2D eigenvalue weighted by atomic mass is 16.6. The summed E-state index contributed by atoms with van der Waals surface area (Å²) >= 11 is 0. The smallest absolute Gasteiger partial charge is 0.407 e. The minimum atomic E-state index is -0.488. The van der Waals surface area contributed by atoms with E-state index in [2.05, 4.69) is 15.2 Å². The van der Waals surface area contributed by atoms with E-state index in [1.807, 2.05) is 32.9 Å². The summed E-state index contributed by atoms with van der Waals surface area (Å²) in [5.41, 5.74) is 1.07. The predicted molar refractivity (Wildman–Crippen MR) is 91.9 cm³/mol. The molecule has 24 heavy (non-hydrogen) atoms. The third-order valence-electron chi connectivity index (χ3n) is 3.82. The van der Waals surface area contributed by atoms with E-state index in [0.29, 0.717) is 5.69 Å². The first-order valence-corrected chi connectivity index (χ1v) is 8.41. The van der Waals surface area contributed by atoms with Gasteiger partial charge in [0.1, 0.15) is 11.3 Å². The van der Waals surface area contributed by atoms with Gasteiger partial charge in [0.2, 0.25) is 0 Å². The molecule has 0 spiro atoms. The highest BCUT2D eigenvalue weighted by molar-refractivity contribution is 5.92. The molecule has 6 heteroatoms. The Kier molecular flexibility index (Phi) is 5.94. The van der Waals surface area contributed by atoms with Gasteiger partial charge < -0.3 is 10.1 Å². The lowest BCUT2D eigenvalue weighted by Crippen LogP contribution is -2.48. The Labute approximate surface area is 143 Å². The third kappa shape index (κ3) is 5.92. The number of hydrogen-bond acceptors (Lipinski definition) is 5. The number of ketones is 1. The Morgan fingerprint density at radius 3 is 2.83 bits per heavy atom. The number of alkyl carbamates (subject to hydrolysis) is 1. The SMILES string of the molecule is CC(=O)c1cc(CN2CCC[C@@H](NC(=O)OC(C)(C)C)C2)ccn1. The Hall–Kier alpha value is -1.95. The maximum Gasteiger partial charge on any atom is 0.407 e. The van der Waals surface area contributed by atoms with E-state index < -0.39 is 5.60 Å². The Morgan fingerprint density at radius 2 is 2.17 bits per heavy atom. The number of likely N-dealkylation sites (tertiary alicyclic amines) is 1. The van der Waals surface area contributed by atoms with Crippen LogP contribution in [0.3, 0.4) is 0 Å². The van der Waals surface area contributed by atoms with Crippen molar-refractivity contribution in [2.24, 2.45) is 0 Å². The molecule has 0 bridgehead atoms. The largest absolute Gasteiger partial charge is 0.444 e. The van der Waals surface area contributed by atoms with Crippen molar-refractivity contribution < 1.29 is 14.3 Å². The Bertz CT molecular complexity index is 595. The van der Waals surface area contributed by atoms with Gasteiger partial charge in [-0.2, -0.15) is 0 Å². The molecule has 2 rings (SSSR count). The van der Waals surface area contributed by atoms with E-state index in [1.165, 1.54) is 6.92 Å². The summed E-state index contributed by atoms with van der Waals surface area (Å²) in [5, 5.41) is 2.95. The number of carbonyl (C=O) groups is 2. The quantitative estimate of drug-likeness (QED) is 0.858. The molecular formula is C18H27N3O3. The normalized spacial score (nSPS) is 18.9. The number of rotatable bonds is 4. The molecule has 1 aromatic heterocycles. The fourth-order valence-corrected chi connectivity index (χ4v) is 2.81. The van der Waals surface area contributed by atoms with Crippen LogP contribution in [0.25, 0.3) is 0 Å². The average molecular weight is 333 g/mol. The molecule has 6 nitrogen and oxygen atoms in total. The van der Waals surface area contributed by atoms with Gasteiger partial charge in [-0.1, -0.05) is 0 Å².